The van der Waals surface area contributed by atoms with Gasteiger partial charge in [-0.05, 0) is 24.3 Å². The number of carbonyl (C=O) groups is 1. The van der Waals surface area contributed by atoms with E-state index in [1.807, 2.05) is 25.1 Å². The summed E-state index contributed by atoms with van der Waals surface area (Å²) in [5, 5.41) is 9.44. The molecule has 4 nitrogen and oxygen atoms in total. The molecule has 0 aliphatic heterocycles. The Morgan fingerprint density at radius 1 is 1.33 bits per heavy atom. The predicted molar refractivity (Wildman–Crippen MR) is 70.4 cm³/mol. The van der Waals surface area contributed by atoms with Gasteiger partial charge in [0.05, 0.1) is 6.26 Å². The number of carboxylic acids is 1. The molecule has 0 unspecified atom stereocenters. The second-order valence-corrected chi connectivity index (χ2v) is 4.50. The molecular weight excluding hydrogens is 254 g/mol. The van der Waals surface area contributed by atoms with E-state index >= 15 is 0 Å². The van der Waals surface area contributed by atoms with E-state index in [1.54, 1.807) is 12.1 Å². The van der Waals surface area contributed by atoms with Crippen LogP contribution >= 0.6 is 11.6 Å². The molecule has 0 aliphatic rings. The molecule has 0 saturated heterocycles. The number of anilines is 1. The van der Waals surface area contributed by atoms with Crippen molar-refractivity contribution in [2.75, 3.05) is 19.0 Å². The lowest BCUT2D eigenvalue weighted by molar-refractivity contribution is 0.0662. The topological polar surface area (TPSA) is 53.7 Å². The highest BCUT2D eigenvalue weighted by molar-refractivity contribution is 6.31. The maximum Gasteiger partial charge on any atom is 0.371 e. The van der Waals surface area contributed by atoms with E-state index < -0.39 is 5.97 Å². The first-order valence-electron chi connectivity index (χ1n) is 5.28. The number of furan rings is 1. The van der Waals surface area contributed by atoms with Gasteiger partial charge in [0.1, 0.15) is 0 Å². The lowest BCUT2D eigenvalue weighted by atomic mass is 10.1. The second-order valence-electron chi connectivity index (χ2n) is 4.06. The maximum atomic E-state index is 10.8. The van der Waals surface area contributed by atoms with Crippen LogP contribution in [0.25, 0.3) is 11.1 Å². The van der Waals surface area contributed by atoms with Gasteiger partial charge in [-0.3, -0.25) is 0 Å². The van der Waals surface area contributed by atoms with Crippen LogP contribution in [-0.2, 0) is 0 Å². The van der Waals surface area contributed by atoms with Crippen molar-refractivity contribution in [3.63, 3.8) is 0 Å². The molecule has 1 N–H and O–H groups in total. The van der Waals surface area contributed by atoms with Gasteiger partial charge in [0, 0.05) is 35.9 Å². The van der Waals surface area contributed by atoms with E-state index in [0.717, 1.165) is 11.3 Å². The zero-order valence-corrected chi connectivity index (χ0v) is 10.7. The van der Waals surface area contributed by atoms with E-state index in [1.165, 1.54) is 12.3 Å². The van der Waals surface area contributed by atoms with E-state index in [9.17, 15) is 4.79 Å². The Kier molecular flexibility index (Phi) is 3.30. The van der Waals surface area contributed by atoms with Gasteiger partial charge in [-0.2, -0.15) is 0 Å². The van der Waals surface area contributed by atoms with Crippen LogP contribution in [0.2, 0.25) is 5.02 Å². The van der Waals surface area contributed by atoms with Crippen molar-refractivity contribution in [2.45, 2.75) is 0 Å². The summed E-state index contributed by atoms with van der Waals surface area (Å²) in [5.74, 6) is -1.18. The number of halogens is 1. The van der Waals surface area contributed by atoms with Gasteiger partial charge >= 0.3 is 5.97 Å². The molecule has 94 valence electrons. The normalized spacial score (nSPS) is 10.4. The Labute approximate surface area is 109 Å². The molecule has 0 spiro atoms. The fraction of sp³-hybridized carbons (Fsp3) is 0.154. The van der Waals surface area contributed by atoms with Gasteiger partial charge < -0.3 is 14.4 Å². The van der Waals surface area contributed by atoms with Gasteiger partial charge in [-0.25, -0.2) is 4.79 Å². The number of carboxylic acid groups (broad SMARTS) is 1. The van der Waals surface area contributed by atoms with Crippen LogP contribution in [0.3, 0.4) is 0 Å². The summed E-state index contributed by atoms with van der Waals surface area (Å²) >= 11 is 5.98. The lowest BCUT2D eigenvalue weighted by Gasteiger charge is -2.16. The zero-order valence-electron chi connectivity index (χ0n) is 9.98. The van der Waals surface area contributed by atoms with Crippen LogP contribution in [-0.4, -0.2) is 25.2 Å². The molecule has 2 rings (SSSR count). The Bertz CT molecular complexity index is 590. The average Bonchev–Trinajstić information content (AvgIpc) is 2.77. The fourth-order valence-corrected chi connectivity index (χ4v) is 1.89. The third kappa shape index (κ3) is 2.33. The largest absolute Gasteiger partial charge is 0.475 e. The lowest BCUT2D eigenvalue weighted by Crippen LogP contribution is -2.09. The average molecular weight is 266 g/mol. The first-order valence-corrected chi connectivity index (χ1v) is 5.66. The highest BCUT2D eigenvalue weighted by atomic mass is 35.5. The molecule has 0 radical (unpaired) electrons. The Morgan fingerprint density at radius 2 is 2.06 bits per heavy atom. The quantitative estimate of drug-likeness (QED) is 0.924. The Morgan fingerprint density at radius 3 is 2.61 bits per heavy atom. The van der Waals surface area contributed by atoms with Crippen molar-refractivity contribution in [1.82, 2.24) is 0 Å². The SMILES string of the molecule is CN(C)c1ccc(Cl)cc1-c1coc(C(=O)O)c1. The molecule has 0 aliphatic carbocycles. The van der Waals surface area contributed by atoms with Crippen molar-refractivity contribution in [3.05, 3.63) is 41.3 Å². The third-order valence-electron chi connectivity index (χ3n) is 2.56. The smallest absolute Gasteiger partial charge is 0.371 e. The summed E-state index contributed by atoms with van der Waals surface area (Å²) in [4.78, 5) is 12.7. The number of nitrogens with zero attached hydrogens (tertiary/aromatic N) is 1. The van der Waals surface area contributed by atoms with Gasteiger partial charge in [0.15, 0.2) is 0 Å². The minimum Gasteiger partial charge on any atom is -0.475 e. The molecule has 1 aromatic heterocycles. The molecule has 1 aromatic carbocycles. The van der Waals surface area contributed by atoms with E-state index in [2.05, 4.69) is 0 Å². The molecular formula is C13H12ClNO3. The van der Waals surface area contributed by atoms with Crippen LogP contribution in [0.15, 0.2) is 34.9 Å². The molecule has 1 heterocycles. The number of rotatable bonds is 3. The first kappa shape index (κ1) is 12.5. The molecule has 0 fully saturated rings. The van der Waals surface area contributed by atoms with Crippen LogP contribution in [0.5, 0.6) is 0 Å². The first-order chi connectivity index (χ1) is 8.49. The van der Waals surface area contributed by atoms with Crippen LogP contribution in [0.4, 0.5) is 5.69 Å². The molecule has 0 atom stereocenters. The summed E-state index contributed by atoms with van der Waals surface area (Å²) in [5.41, 5.74) is 2.47. The minimum absolute atomic E-state index is 0.0883. The van der Waals surface area contributed by atoms with Crippen molar-refractivity contribution in [2.24, 2.45) is 0 Å². The van der Waals surface area contributed by atoms with Crippen molar-refractivity contribution < 1.29 is 14.3 Å². The third-order valence-corrected chi connectivity index (χ3v) is 2.80. The van der Waals surface area contributed by atoms with Crippen LogP contribution < -0.4 is 4.90 Å². The van der Waals surface area contributed by atoms with Gasteiger partial charge in [0.25, 0.3) is 0 Å². The van der Waals surface area contributed by atoms with Crippen molar-refractivity contribution in [3.8, 4) is 11.1 Å². The summed E-state index contributed by atoms with van der Waals surface area (Å²) in [6.07, 6.45) is 1.42. The Hall–Kier alpha value is -1.94. The van der Waals surface area contributed by atoms with E-state index in [-0.39, 0.29) is 5.76 Å². The number of aromatic carboxylic acids is 1. The Balaban J connectivity index is 2.54. The van der Waals surface area contributed by atoms with Crippen LogP contribution in [0, 0.1) is 0 Å². The number of hydrogen-bond donors (Lipinski definition) is 1. The standard InChI is InChI=1S/C13H12ClNO3/c1-15(2)11-4-3-9(14)6-10(11)8-5-12(13(16)17)18-7-8/h3-7H,1-2H3,(H,16,17). The molecule has 0 saturated carbocycles. The second kappa shape index (κ2) is 4.74. The van der Waals surface area contributed by atoms with E-state index in [4.69, 9.17) is 21.1 Å². The molecule has 2 aromatic rings. The van der Waals surface area contributed by atoms with Gasteiger partial charge in [-0.1, -0.05) is 11.6 Å². The minimum atomic E-state index is -1.09. The molecule has 0 amide bonds. The zero-order chi connectivity index (χ0) is 13.3. The summed E-state index contributed by atoms with van der Waals surface area (Å²) in [6.45, 7) is 0. The monoisotopic (exact) mass is 265 g/mol. The van der Waals surface area contributed by atoms with Crippen LogP contribution in [0.1, 0.15) is 10.6 Å². The maximum absolute atomic E-state index is 10.8. The summed E-state index contributed by atoms with van der Waals surface area (Å²) < 4.78 is 4.99. The van der Waals surface area contributed by atoms with Crippen molar-refractivity contribution >= 4 is 23.3 Å². The van der Waals surface area contributed by atoms with E-state index in [0.29, 0.717) is 10.6 Å². The molecule has 18 heavy (non-hydrogen) atoms. The van der Waals surface area contributed by atoms with Gasteiger partial charge in [-0.15, -0.1) is 0 Å². The van der Waals surface area contributed by atoms with Crippen molar-refractivity contribution in [1.29, 1.82) is 0 Å². The summed E-state index contributed by atoms with van der Waals surface area (Å²) in [6, 6.07) is 6.94. The highest BCUT2D eigenvalue weighted by Crippen LogP contribution is 2.33. The molecule has 5 heteroatoms. The highest BCUT2D eigenvalue weighted by Gasteiger charge is 2.14. The summed E-state index contributed by atoms with van der Waals surface area (Å²) in [7, 11) is 3.82. The molecule has 0 bridgehead atoms. The van der Waals surface area contributed by atoms with Gasteiger partial charge in [0.2, 0.25) is 5.76 Å². The predicted octanol–water partition coefficient (Wildman–Crippen LogP) is 3.36. The number of benzene rings is 1. The number of hydrogen-bond acceptors (Lipinski definition) is 3. The fourth-order valence-electron chi connectivity index (χ4n) is 1.72.